The van der Waals surface area contributed by atoms with Crippen LogP contribution < -0.4 is 5.32 Å². The number of aliphatic carboxylic acids is 1. The molecule has 3 atom stereocenters. The van der Waals surface area contributed by atoms with Crippen LogP contribution in [0.15, 0.2) is 0 Å². The number of thioether (sulfide) groups is 1. The number of nitrogens with zero attached hydrogens (tertiary/aromatic N) is 1. The molecule has 2 saturated heterocycles. The van der Waals surface area contributed by atoms with Crippen molar-refractivity contribution in [1.29, 1.82) is 0 Å². The minimum atomic E-state index is -1.00. The average molecular weight is 323 g/mol. The van der Waals surface area contributed by atoms with Crippen LogP contribution in [0.1, 0.15) is 34.6 Å². The zero-order valence-electron chi connectivity index (χ0n) is 13.3. The number of carboxylic acids is 1. The number of fused-ring (bicyclic) bond motifs is 1. The summed E-state index contributed by atoms with van der Waals surface area (Å²) in [5.74, 6) is -1.51. The monoisotopic (exact) mass is 323 g/mol. The molecule has 0 bridgehead atoms. The van der Waals surface area contributed by atoms with Gasteiger partial charge in [-0.2, -0.15) is 0 Å². The third kappa shape index (κ3) is 3.11. The van der Waals surface area contributed by atoms with Crippen molar-refractivity contribution in [2.45, 2.75) is 56.8 Å². The summed E-state index contributed by atoms with van der Waals surface area (Å²) in [5, 5.41) is 11.7. The fraction of sp³-hybridized carbons (Fsp3) is 0.769. The van der Waals surface area contributed by atoms with Gasteiger partial charge in [0.05, 0.1) is 0 Å². The van der Waals surface area contributed by atoms with Gasteiger partial charge in [-0.1, -0.05) is 20.8 Å². The van der Waals surface area contributed by atoms with Crippen molar-refractivity contribution in [2.24, 2.45) is 5.41 Å². The van der Waals surface area contributed by atoms with Gasteiger partial charge in [0.2, 0.25) is 11.8 Å². The third-order valence-electron chi connectivity index (χ3n) is 3.64. The zero-order chi connectivity index (χ0) is 15.5. The molecule has 2 aliphatic heterocycles. The number of rotatable bonds is 2. The summed E-state index contributed by atoms with van der Waals surface area (Å²) < 4.78 is -0.562. The molecular formula is C13H20N2NaO4S. The van der Waals surface area contributed by atoms with Gasteiger partial charge in [-0.25, -0.2) is 4.79 Å². The van der Waals surface area contributed by atoms with E-state index in [9.17, 15) is 19.5 Å². The first-order valence-electron chi connectivity index (χ1n) is 6.50. The maximum absolute atomic E-state index is 12.1. The van der Waals surface area contributed by atoms with E-state index in [0.29, 0.717) is 0 Å². The van der Waals surface area contributed by atoms with Crippen LogP contribution in [0, 0.1) is 5.41 Å². The molecule has 2 rings (SSSR count). The fourth-order valence-electron chi connectivity index (χ4n) is 2.50. The second kappa shape index (κ2) is 5.76. The van der Waals surface area contributed by atoms with E-state index in [1.165, 1.54) is 16.7 Å². The molecule has 1 radical (unpaired) electrons. The van der Waals surface area contributed by atoms with Gasteiger partial charge in [-0.3, -0.25) is 9.59 Å². The Kier molecular flexibility index (Phi) is 5.15. The Morgan fingerprint density at radius 2 is 1.86 bits per heavy atom. The van der Waals surface area contributed by atoms with Crippen LogP contribution in [-0.4, -0.2) is 79.6 Å². The van der Waals surface area contributed by atoms with Crippen LogP contribution >= 0.6 is 11.8 Å². The SMILES string of the molecule is CC(C)(C)C(=O)N[C@@H]1C(=O)N2[C@@H]1SC(C)(C)[C@@H]2C(=O)O.[Na]. The molecule has 2 fully saturated rings. The van der Waals surface area contributed by atoms with E-state index >= 15 is 0 Å². The van der Waals surface area contributed by atoms with E-state index in [0.717, 1.165) is 0 Å². The normalized spacial score (nSPS) is 30.0. The van der Waals surface area contributed by atoms with Gasteiger partial charge >= 0.3 is 5.97 Å². The smallest absolute Gasteiger partial charge is 0.327 e. The quantitative estimate of drug-likeness (QED) is 0.563. The Balaban J connectivity index is 0.00000220. The van der Waals surface area contributed by atoms with Crippen molar-refractivity contribution in [1.82, 2.24) is 10.2 Å². The van der Waals surface area contributed by atoms with Crippen molar-refractivity contribution in [3.8, 4) is 0 Å². The van der Waals surface area contributed by atoms with Gasteiger partial charge in [0.1, 0.15) is 17.5 Å². The van der Waals surface area contributed by atoms with Crippen LogP contribution in [0.2, 0.25) is 0 Å². The Hall–Kier alpha value is -0.240. The van der Waals surface area contributed by atoms with E-state index in [1.807, 2.05) is 13.8 Å². The van der Waals surface area contributed by atoms with E-state index < -0.39 is 28.2 Å². The zero-order valence-corrected chi connectivity index (χ0v) is 16.1. The second-order valence-corrected chi connectivity index (χ2v) is 8.57. The van der Waals surface area contributed by atoms with Crippen LogP contribution in [0.3, 0.4) is 0 Å². The largest absolute Gasteiger partial charge is 0.480 e. The molecule has 0 saturated carbocycles. The molecule has 2 amide bonds. The molecule has 0 spiro atoms. The van der Waals surface area contributed by atoms with Crippen molar-refractivity contribution in [3.63, 3.8) is 0 Å². The Morgan fingerprint density at radius 3 is 2.29 bits per heavy atom. The van der Waals surface area contributed by atoms with Crippen LogP contribution in [0.25, 0.3) is 0 Å². The maximum atomic E-state index is 12.1. The molecule has 6 nitrogen and oxygen atoms in total. The number of hydrogen-bond donors (Lipinski definition) is 2. The first-order valence-corrected chi connectivity index (χ1v) is 7.38. The molecule has 0 aromatic rings. The Morgan fingerprint density at radius 1 is 1.33 bits per heavy atom. The van der Waals surface area contributed by atoms with Gasteiger partial charge in [0.25, 0.3) is 0 Å². The maximum Gasteiger partial charge on any atom is 0.327 e. The molecular weight excluding hydrogens is 303 g/mol. The number of amides is 2. The molecule has 0 aliphatic carbocycles. The summed E-state index contributed by atoms with van der Waals surface area (Å²) in [5.41, 5.74) is -0.578. The molecule has 0 aromatic carbocycles. The molecule has 0 unspecified atom stereocenters. The fourth-order valence-corrected chi connectivity index (χ4v) is 4.13. The Bertz CT molecular complexity index is 489. The number of carboxylic acid groups (broad SMARTS) is 1. The minimum Gasteiger partial charge on any atom is -0.480 e. The molecule has 21 heavy (non-hydrogen) atoms. The predicted octanol–water partition coefficient (Wildman–Crippen LogP) is 0.283. The summed E-state index contributed by atoms with van der Waals surface area (Å²) in [7, 11) is 0. The van der Waals surface area contributed by atoms with Crippen molar-refractivity contribution in [3.05, 3.63) is 0 Å². The molecule has 113 valence electrons. The summed E-state index contributed by atoms with van der Waals surface area (Å²) in [6.07, 6.45) is 0. The summed E-state index contributed by atoms with van der Waals surface area (Å²) in [6, 6.07) is -1.46. The number of hydrogen-bond acceptors (Lipinski definition) is 4. The summed E-state index contributed by atoms with van der Waals surface area (Å²) in [4.78, 5) is 36.8. The van der Waals surface area contributed by atoms with E-state index in [1.54, 1.807) is 20.8 Å². The van der Waals surface area contributed by atoms with E-state index in [4.69, 9.17) is 0 Å². The number of carbonyl (C=O) groups is 3. The number of carbonyl (C=O) groups excluding carboxylic acids is 2. The predicted molar refractivity (Wildman–Crippen MR) is 80.9 cm³/mol. The topological polar surface area (TPSA) is 86.7 Å². The van der Waals surface area contributed by atoms with Crippen molar-refractivity contribution < 1.29 is 19.5 Å². The molecule has 8 heteroatoms. The van der Waals surface area contributed by atoms with Crippen molar-refractivity contribution in [2.75, 3.05) is 0 Å². The Labute approximate surface area is 150 Å². The van der Waals surface area contributed by atoms with Gasteiger partial charge in [-0.15, -0.1) is 11.8 Å². The molecule has 2 heterocycles. The minimum absolute atomic E-state index is 0. The first kappa shape index (κ1) is 18.8. The standard InChI is InChI=1S/C13H20N2O4S.Na/c1-12(2,3)11(19)14-6-8(16)15-7(10(17)18)13(4,5)20-9(6)15;/h6-7,9H,1-5H3,(H,14,19)(H,17,18);/t6-,7+,9-;/m1./s1. The van der Waals surface area contributed by atoms with E-state index in [-0.39, 0.29) is 46.7 Å². The van der Waals surface area contributed by atoms with Gasteiger partial charge in [0.15, 0.2) is 0 Å². The summed E-state index contributed by atoms with van der Waals surface area (Å²) >= 11 is 1.43. The average Bonchev–Trinajstić information content (AvgIpc) is 2.53. The van der Waals surface area contributed by atoms with Crippen molar-refractivity contribution >= 4 is 59.1 Å². The number of nitrogens with one attached hydrogen (secondary N) is 1. The van der Waals surface area contributed by atoms with Crippen LogP contribution in [0.4, 0.5) is 0 Å². The molecule has 2 aliphatic rings. The first-order chi connectivity index (χ1) is 8.97. The number of β-lactam (4-membered cyclic amide) rings is 1. The third-order valence-corrected chi connectivity index (χ3v) is 5.21. The molecule has 0 aromatic heterocycles. The van der Waals surface area contributed by atoms with E-state index in [2.05, 4.69) is 5.32 Å². The van der Waals surface area contributed by atoms with Crippen LogP contribution in [0.5, 0.6) is 0 Å². The van der Waals surface area contributed by atoms with Gasteiger partial charge in [-0.05, 0) is 13.8 Å². The van der Waals surface area contributed by atoms with Crippen LogP contribution in [-0.2, 0) is 14.4 Å². The molecule has 2 N–H and O–H groups in total. The van der Waals surface area contributed by atoms with Gasteiger partial charge < -0.3 is 15.3 Å². The second-order valence-electron chi connectivity index (χ2n) is 6.80. The summed E-state index contributed by atoms with van der Waals surface area (Å²) in [6.45, 7) is 8.94. The van der Waals surface area contributed by atoms with Gasteiger partial charge in [0, 0.05) is 39.7 Å².